The maximum atomic E-state index is 12.4. The van der Waals surface area contributed by atoms with Crippen LogP contribution in [0.5, 0.6) is 0 Å². The Hall–Kier alpha value is -2.49. The van der Waals surface area contributed by atoms with Gasteiger partial charge in [-0.2, -0.15) is 0 Å². The van der Waals surface area contributed by atoms with Gasteiger partial charge in [0.25, 0.3) is 0 Å². The van der Waals surface area contributed by atoms with E-state index in [1.807, 2.05) is 30.3 Å². The molecule has 0 atom stereocenters. The summed E-state index contributed by atoms with van der Waals surface area (Å²) >= 11 is 0. The Bertz CT molecular complexity index is 798. The van der Waals surface area contributed by atoms with Gasteiger partial charge in [0.1, 0.15) is 6.10 Å². The second kappa shape index (κ2) is 8.06. The number of aromatic nitrogens is 1. The van der Waals surface area contributed by atoms with Gasteiger partial charge in [-0.3, -0.25) is 9.78 Å². The summed E-state index contributed by atoms with van der Waals surface area (Å²) in [7, 11) is 0. The Kier molecular flexibility index (Phi) is 5.59. The summed E-state index contributed by atoms with van der Waals surface area (Å²) in [4.78, 5) is 28.7. The van der Waals surface area contributed by atoms with Gasteiger partial charge in [0.2, 0.25) is 0 Å². The molecule has 4 heteroatoms. The predicted octanol–water partition coefficient (Wildman–Crippen LogP) is 4.17. The van der Waals surface area contributed by atoms with Crippen LogP contribution in [0.3, 0.4) is 0 Å². The lowest BCUT2D eigenvalue weighted by Crippen LogP contribution is -2.24. The number of hydrogen-bond acceptors (Lipinski definition) is 4. The number of pyridine rings is 1. The van der Waals surface area contributed by atoms with Crippen molar-refractivity contribution in [2.24, 2.45) is 0 Å². The number of carbonyl (C=O) groups is 2. The van der Waals surface area contributed by atoms with Gasteiger partial charge < -0.3 is 4.74 Å². The summed E-state index contributed by atoms with van der Waals surface area (Å²) < 4.78 is 5.55. The molecule has 0 bridgehead atoms. The van der Waals surface area contributed by atoms with Crippen LogP contribution in [0.2, 0.25) is 0 Å². The average Bonchev–Trinajstić information content (AvgIpc) is 2.62. The van der Waals surface area contributed by atoms with E-state index in [9.17, 15) is 9.59 Å². The van der Waals surface area contributed by atoms with Gasteiger partial charge in [0.05, 0.1) is 11.1 Å². The number of esters is 1. The van der Waals surface area contributed by atoms with Crippen LogP contribution in [0.25, 0.3) is 10.9 Å². The highest BCUT2D eigenvalue weighted by Crippen LogP contribution is 2.22. The molecule has 0 amide bonds. The Labute approximate surface area is 147 Å². The number of ether oxygens (including phenoxy) is 1. The van der Waals surface area contributed by atoms with Crippen LogP contribution in [0.1, 0.15) is 44.6 Å². The van der Waals surface area contributed by atoms with Crippen molar-refractivity contribution in [1.29, 1.82) is 0 Å². The van der Waals surface area contributed by atoms with E-state index in [0.717, 1.165) is 42.1 Å². The molecule has 0 spiro atoms. The molecule has 1 aromatic carbocycles. The molecule has 1 aliphatic rings. The summed E-state index contributed by atoms with van der Waals surface area (Å²) in [5, 5.41) is 1.03. The number of benzene rings is 1. The molecule has 1 fully saturated rings. The standard InChI is InChI=1S/C21H23NO3/c1-15(23)18(21(24)25-17-8-3-2-4-9-17)13-12-16-7-5-11-20-19(16)10-6-14-22-20/h5-7,10-11,13-14,17H,2-4,8-9,12H2,1H3/b18-13-. The first kappa shape index (κ1) is 17.3. The van der Waals surface area contributed by atoms with Crippen LogP contribution < -0.4 is 0 Å². The minimum absolute atomic E-state index is 0.0502. The Morgan fingerprint density at radius 3 is 2.72 bits per heavy atom. The number of allylic oxidation sites excluding steroid dienone is 1. The van der Waals surface area contributed by atoms with Crippen molar-refractivity contribution in [2.75, 3.05) is 0 Å². The molecule has 130 valence electrons. The van der Waals surface area contributed by atoms with Crippen molar-refractivity contribution in [2.45, 2.75) is 51.6 Å². The second-order valence-electron chi connectivity index (χ2n) is 6.53. The molecule has 0 N–H and O–H groups in total. The van der Waals surface area contributed by atoms with Crippen molar-refractivity contribution < 1.29 is 14.3 Å². The van der Waals surface area contributed by atoms with Crippen LogP contribution in [0.15, 0.2) is 48.2 Å². The summed E-state index contributed by atoms with van der Waals surface area (Å²) in [5.74, 6) is -0.739. The van der Waals surface area contributed by atoms with Crippen LogP contribution in [-0.2, 0) is 20.7 Å². The van der Waals surface area contributed by atoms with Crippen LogP contribution in [-0.4, -0.2) is 22.8 Å². The molecular weight excluding hydrogens is 314 g/mol. The fourth-order valence-electron chi connectivity index (χ4n) is 3.33. The molecule has 0 unspecified atom stereocenters. The van der Waals surface area contributed by atoms with E-state index in [0.29, 0.717) is 6.42 Å². The van der Waals surface area contributed by atoms with E-state index in [1.54, 1.807) is 12.3 Å². The summed E-state index contributed by atoms with van der Waals surface area (Å²) in [6.45, 7) is 1.42. The summed E-state index contributed by atoms with van der Waals surface area (Å²) in [6, 6.07) is 9.76. The van der Waals surface area contributed by atoms with Gasteiger partial charge in [-0.1, -0.05) is 30.7 Å². The Balaban J connectivity index is 1.77. The van der Waals surface area contributed by atoms with E-state index < -0.39 is 5.97 Å². The number of ketones is 1. The molecule has 1 saturated carbocycles. The molecule has 0 saturated heterocycles. The van der Waals surface area contributed by atoms with Gasteiger partial charge in [0.15, 0.2) is 5.78 Å². The SMILES string of the molecule is CC(=O)/C(=C/Cc1cccc2ncccc12)C(=O)OC1CCCCC1. The third-order valence-electron chi connectivity index (χ3n) is 4.69. The first-order valence-corrected chi connectivity index (χ1v) is 8.90. The van der Waals surface area contributed by atoms with E-state index in [4.69, 9.17) is 4.74 Å². The molecule has 4 nitrogen and oxygen atoms in total. The van der Waals surface area contributed by atoms with Gasteiger partial charge in [-0.05, 0) is 56.7 Å². The predicted molar refractivity (Wildman–Crippen MR) is 97.2 cm³/mol. The highest BCUT2D eigenvalue weighted by atomic mass is 16.5. The highest BCUT2D eigenvalue weighted by Gasteiger charge is 2.22. The lowest BCUT2D eigenvalue weighted by Gasteiger charge is -2.22. The number of nitrogens with zero attached hydrogens (tertiary/aromatic N) is 1. The van der Waals surface area contributed by atoms with E-state index >= 15 is 0 Å². The zero-order chi connectivity index (χ0) is 17.6. The average molecular weight is 337 g/mol. The van der Waals surface area contributed by atoms with Gasteiger partial charge >= 0.3 is 5.97 Å². The third-order valence-corrected chi connectivity index (χ3v) is 4.69. The molecule has 0 radical (unpaired) electrons. The van der Waals surface area contributed by atoms with Crippen LogP contribution in [0.4, 0.5) is 0 Å². The maximum absolute atomic E-state index is 12.4. The molecule has 25 heavy (non-hydrogen) atoms. The van der Waals surface area contributed by atoms with E-state index in [2.05, 4.69) is 4.98 Å². The van der Waals surface area contributed by atoms with Gasteiger partial charge in [0, 0.05) is 11.6 Å². The normalized spacial score (nSPS) is 16.0. The van der Waals surface area contributed by atoms with Crippen molar-refractivity contribution in [3.63, 3.8) is 0 Å². The van der Waals surface area contributed by atoms with E-state index in [1.165, 1.54) is 13.3 Å². The second-order valence-corrected chi connectivity index (χ2v) is 6.53. The molecule has 1 aliphatic carbocycles. The Morgan fingerprint density at radius 2 is 1.96 bits per heavy atom. The van der Waals surface area contributed by atoms with Crippen molar-refractivity contribution in [1.82, 2.24) is 4.98 Å². The number of rotatable bonds is 5. The third kappa shape index (κ3) is 4.32. The maximum Gasteiger partial charge on any atom is 0.341 e. The number of fused-ring (bicyclic) bond motifs is 1. The molecule has 0 aliphatic heterocycles. The molecular formula is C21H23NO3. The quantitative estimate of drug-likeness (QED) is 0.356. The fraction of sp³-hybridized carbons (Fsp3) is 0.381. The Morgan fingerprint density at radius 1 is 1.16 bits per heavy atom. The van der Waals surface area contributed by atoms with Gasteiger partial charge in [-0.15, -0.1) is 0 Å². The monoisotopic (exact) mass is 337 g/mol. The lowest BCUT2D eigenvalue weighted by atomic mass is 9.97. The lowest BCUT2D eigenvalue weighted by molar-refractivity contribution is -0.146. The number of Topliss-reactive ketones (excluding diaryl/α,β-unsaturated/α-hetero) is 1. The largest absolute Gasteiger partial charge is 0.459 e. The van der Waals surface area contributed by atoms with Crippen molar-refractivity contribution >= 4 is 22.7 Å². The van der Waals surface area contributed by atoms with Crippen molar-refractivity contribution in [3.8, 4) is 0 Å². The highest BCUT2D eigenvalue weighted by molar-refractivity contribution is 6.16. The minimum Gasteiger partial charge on any atom is -0.459 e. The first-order valence-electron chi connectivity index (χ1n) is 8.90. The first-order chi connectivity index (χ1) is 12.1. The van der Waals surface area contributed by atoms with Crippen molar-refractivity contribution in [3.05, 3.63) is 53.7 Å². The number of hydrogen-bond donors (Lipinski definition) is 0. The minimum atomic E-state index is -0.488. The van der Waals surface area contributed by atoms with Gasteiger partial charge in [-0.25, -0.2) is 4.79 Å². The fourth-order valence-corrected chi connectivity index (χ4v) is 3.33. The molecule has 1 aromatic heterocycles. The zero-order valence-electron chi connectivity index (χ0n) is 14.5. The van der Waals surface area contributed by atoms with Crippen LogP contribution >= 0.6 is 0 Å². The summed E-state index contributed by atoms with van der Waals surface area (Å²) in [5.41, 5.74) is 2.09. The summed E-state index contributed by atoms with van der Waals surface area (Å²) in [6.07, 6.45) is 9.04. The van der Waals surface area contributed by atoms with Crippen LogP contribution in [0, 0.1) is 0 Å². The molecule has 3 rings (SSSR count). The molecule has 1 heterocycles. The topological polar surface area (TPSA) is 56.3 Å². The molecule has 2 aromatic rings. The number of carbonyl (C=O) groups excluding carboxylic acids is 2. The van der Waals surface area contributed by atoms with E-state index in [-0.39, 0.29) is 17.5 Å². The zero-order valence-corrected chi connectivity index (χ0v) is 14.5. The smallest absolute Gasteiger partial charge is 0.341 e.